The average Bonchev–Trinajstić information content (AvgIpc) is 3.26. The minimum atomic E-state index is -1.54. The van der Waals surface area contributed by atoms with Crippen molar-refractivity contribution in [3.05, 3.63) is 65.2 Å². The van der Waals surface area contributed by atoms with Gasteiger partial charge in [-0.25, -0.2) is 23.3 Å². The molecule has 0 bridgehead atoms. The first-order valence-electron chi connectivity index (χ1n) is 13.2. The summed E-state index contributed by atoms with van der Waals surface area (Å²) in [4.78, 5) is 22.0. The zero-order valence-electron chi connectivity index (χ0n) is 24.3. The lowest BCUT2D eigenvalue weighted by atomic mass is 9.88. The SMILES string of the molecule is COc1ccc(C(=O)CCC(C)(O)c2cc3c(c(-c4ccc(F)cc4)n2)OCC3(C)NS(=O)C(C)(C)C)nc1OC. The van der Waals surface area contributed by atoms with Crippen LogP contribution in [0.25, 0.3) is 11.3 Å². The van der Waals surface area contributed by atoms with E-state index in [2.05, 4.69) is 9.71 Å². The molecule has 0 fully saturated rings. The molecule has 3 heterocycles. The molecule has 0 aliphatic carbocycles. The largest absolute Gasteiger partial charge is 0.491 e. The molecule has 3 unspecified atom stereocenters. The number of halogens is 1. The molecule has 9 nitrogen and oxygen atoms in total. The van der Waals surface area contributed by atoms with Gasteiger partial charge in [0.25, 0.3) is 5.88 Å². The van der Waals surface area contributed by atoms with Gasteiger partial charge in [-0.3, -0.25) is 4.79 Å². The van der Waals surface area contributed by atoms with Gasteiger partial charge in [0.05, 0.1) is 41.2 Å². The highest BCUT2D eigenvalue weighted by atomic mass is 32.2. The number of fused-ring (bicyclic) bond motifs is 1. The highest BCUT2D eigenvalue weighted by Gasteiger charge is 2.43. The standard InChI is InChI=1S/C30H36FN3O6S/c1-28(2,3)41(37)34-29(4)17-40-26-20(29)16-24(33-25(26)18-8-10-19(31)11-9-18)30(5,36)15-14-22(35)21-12-13-23(38-6)27(32-21)39-7/h8-13,16,34,36H,14-15,17H2,1-7H3. The highest BCUT2D eigenvalue weighted by molar-refractivity contribution is 7.84. The summed E-state index contributed by atoms with van der Waals surface area (Å²) in [5.74, 6) is 0.361. The van der Waals surface area contributed by atoms with Crippen molar-refractivity contribution in [2.75, 3.05) is 20.8 Å². The molecule has 1 aromatic carbocycles. The van der Waals surface area contributed by atoms with Gasteiger partial charge in [0, 0.05) is 17.5 Å². The van der Waals surface area contributed by atoms with Crippen LogP contribution >= 0.6 is 0 Å². The van der Waals surface area contributed by atoms with Crippen molar-refractivity contribution in [3.8, 4) is 28.6 Å². The van der Waals surface area contributed by atoms with Crippen LogP contribution in [0.15, 0.2) is 42.5 Å². The Kier molecular flexibility index (Phi) is 8.54. The van der Waals surface area contributed by atoms with Gasteiger partial charge in [-0.15, -0.1) is 0 Å². The Morgan fingerprint density at radius 3 is 2.41 bits per heavy atom. The van der Waals surface area contributed by atoms with Crippen molar-refractivity contribution in [2.45, 2.75) is 63.3 Å². The highest BCUT2D eigenvalue weighted by Crippen LogP contribution is 2.45. The van der Waals surface area contributed by atoms with Gasteiger partial charge in [-0.2, -0.15) is 0 Å². The molecule has 3 aromatic rings. The third-order valence-corrected chi connectivity index (χ3v) is 8.73. The summed E-state index contributed by atoms with van der Waals surface area (Å²) < 4.78 is 46.0. The van der Waals surface area contributed by atoms with Gasteiger partial charge in [0.2, 0.25) is 0 Å². The fraction of sp³-hybridized carbons (Fsp3) is 0.433. The number of hydrogen-bond donors (Lipinski definition) is 2. The Bertz CT molecular complexity index is 1470. The molecule has 0 saturated carbocycles. The third kappa shape index (κ3) is 6.42. The van der Waals surface area contributed by atoms with Gasteiger partial charge >= 0.3 is 0 Å². The Morgan fingerprint density at radius 1 is 1.12 bits per heavy atom. The maximum Gasteiger partial charge on any atom is 0.257 e. The first-order valence-corrected chi connectivity index (χ1v) is 14.3. The number of aliphatic hydroxyl groups is 1. The monoisotopic (exact) mass is 585 g/mol. The van der Waals surface area contributed by atoms with Crippen LogP contribution in [-0.4, -0.2) is 50.6 Å². The molecule has 4 rings (SSSR count). The molecule has 0 amide bonds. The quantitative estimate of drug-likeness (QED) is 0.325. The number of nitrogens with one attached hydrogen (secondary N) is 1. The summed E-state index contributed by atoms with van der Waals surface area (Å²) in [7, 11) is 1.49. The summed E-state index contributed by atoms with van der Waals surface area (Å²) >= 11 is 0. The molecule has 41 heavy (non-hydrogen) atoms. The van der Waals surface area contributed by atoms with E-state index in [-0.39, 0.29) is 36.8 Å². The molecule has 0 spiro atoms. The van der Waals surface area contributed by atoms with Crippen LogP contribution in [0.2, 0.25) is 0 Å². The number of methoxy groups -OCH3 is 2. The Morgan fingerprint density at radius 2 is 1.80 bits per heavy atom. The van der Waals surface area contributed by atoms with E-state index in [1.807, 2.05) is 27.7 Å². The number of aromatic nitrogens is 2. The van der Waals surface area contributed by atoms with Crippen molar-refractivity contribution in [2.24, 2.45) is 0 Å². The minimum Gasteiger partial charge on any atom is -0.491 e. The summed E-state index contributed by atoms with van der Waals surface area (Å²) in [5.41, 5.74) is -0.263. The summed E-state index contributed by atoms with van der Waals surface area (Å²) in [6, 6.07) is 10.7. The van der Waals surface area contributed by atoms with Crippen LogP contribution in [0.5, 0.6) is 17.4 Å². The van der Waals surface area contributed by atoms with E-state index < -0.39 is 32.7 Å². The van der Waals surface area contributed by atoms with Gasteiger partial charge in [-0.05, 0) is 83.5 Å². The van der Waals surface area contributed by atoms with E-state index in [0.29, 0.717) is 34.0 Å². The fourth-order valence-corrected chi connectivity index (χ4v) is 5.29. The number of Topliss-reactive ketones (excluding diaryl/α,β-unsaturated/α-hetero) is 1. The molecule has 2 aromatic heterocycles. The molecule has 1 aliphatic heterocycles. The van der Waals surface area contributed by atoms with Gasteiger partial charge in [-0.1, -0.05) is 0 Å². The second kappa shape index (κ2) is 11.5. The van der Waals surface area contributed by atoms with E-state index in [1.165, 1.54) is 26.4 Å². The number of nitrogens with zero attached hydrogens (tertiary/aromatic N) is 2. The lowest BCUT2D eigenvalue weighted by Gasteiger charge is -2.30. The van der Waals surface area contributed by atoms with Crippen LogP contribution in [0.1, 0.15) is 69.2 Å². The van der Waals surface area contributed by atoms with Crippen LogP contribution in [-0.2, 0) is 22.1 Å². The molecule has 1 aliphatic rings. The van der Waals surface area contributed by atoms with E-state index in [4.69, 9.17) is 19.2 Å². The number of carbonyl (C=O) groups is 1. The number of ether oxygens (including phenoxy) is 3. The predicted molar refractivity (Wildman–Crippen MR) is 154 cm³/mol. The van der Waals surface area contributed by atoms with Gasteiger partial charge < -0.3 is 19.3 Å². The van der Waals surface area contributed by atoms with E-state index in [1.54, 1.807) is 37.3 Å². The normalized spacial score (nSPS) is 18.7. The summed E-state index contributed by atoms with van der Waals surface area (Å²) in [6.45, 7) is 9.24. The zero-order valence-corrected chi connectivity index (χ0v) is 25.1. The van der Waals surface area contributed by atoms with Crippen molar-refractivity contribution in [1.29, 1.82) is 0 Å². The molecule has 220 valence electrons. The van der Waals surface area contributed by atoms with Gasteiger partial charge in [0.1, 0.15) is 29.4 Å². The molecule has 0 radical (unpaired) electrons. The van der Waals surface area contributed by atoms with Crippen LogP contribution in [0, 0.1) is 5.82 Å². The minimum absolute atomic E-state index is 0.0276. The number of ketones is 1. The van der Waals surface area contributed by atoms with Crippen molar-refractivity contribution >= 4 is 16.8 Å². The second-order valence-corrected chi connectivity index (χ2v) is 13.4. The summed E-state index contributed by atoms with van der Waals surface area (Å²) in [6.07, 6.45) is 0.00954. The lowest BCUT2D eigenvalue weighted by Crippen LogP contribution is -2.47. The molecular formula is C30H36FN3O6S. The molecule has 0 saturated heterocycles. The maximum atomic E-state index is 13.7. The first kappa shape index (κ1) is 30.5. The Balaban J connectivity index is 1.71. The van der Waals surface area contributed by atoms with Crippen molar-refractivity contribution in [3.63, 3.8) is 0 Å². The van der Waals surface area contributed by atoms with Gasteiger partial charge in [0.15, 0.2) is 17.3 Å². The van der Waals surface area contributed by atoms with E-state index in [0.717, 1.165) is 0 Å². The third-order valence-electron chi connectivity index (χ3n) is 6.98. The number of benzene rings is 1. The van der Waals surface area contributed by atoms with E-state index >= 15 is 0 Å². The average molecular weight is 586 g/mol. The number of carbonyl (C=O) groups excluding carboxylic acids is 1. The van der Waals surface area contributed by atoms with E-state index in [9.17, 15) is 18.5 Å². The van der Waals surface area contributed by atoms with Crippen LogP contribution < -0.4 is 18.9 Å². The Hall–Kier alpha value is -3.41. The van der Waals surface area contributed by atoms with Crippen LogP contribution in [0.4, 0.5) is 4.39 Å². The predicted octanol–water partition coefficient (Wildman–Crippen LogP) is 4.83. The second-order valence-electron chi connectivity index (χ2n) is 11.4. The molecule has 11 heteroatoms. The smallest absolute Gasteiger partial charge is 0.257 e. The number of rotatable bonds is 10. The molecule has 2 N–H and O–H groups in total. The van der Waals surface area contributed by atoms with Crippen molar-refractivity contribution in [1.82, 2.24) is 14.7 Å². The first-order chi connectivity index (χ1) is 19.2. The summed E-state index contributed by atoms with van der Waals surface area (Å²) in [5, 5.41) is 11.6. The number of hydrogen-bond acceptors (Lipinski definition) is 8. The topological polar surface area (TPSA) is 120 Å². The van der Waals surface area contributed by atoms with Crippen LogP contribution in [0.3, 0.4) is 0 Å². The fourth-order valence-electron chi connectivity index (χ4n) is 4.40. The Labute approximate surface area is 242 Å². The zero-order chi connectivity index (χ0) is 30.2. The van der Waals surface area contributed by atoms with Crippen molar-refractivity contribution < 1.29 is 32.7 Å². The number of pyridine rings is 2. The molecular weight excluding hydrogens is 549 g/mol. The molecule has 3 atom stereocenters. The lowest BCUT2D eigenvalue weighted by molar-refractivity contribution is 0.0396. The maximum absolute atomic E-state index is 13.7.